The zero-order valence-electron chi connectivity index (χ0n) is 15.7. The zero-order chi connectivity index (χ0) is 17.4. The number of piperidine rings is 1. The van der Waals surface area contributed by atoms with E-state index in [1.807, 2.05) is 14.1 Å². The number of carbonyl (C=O) groups excluding carboxylic acids is 1. The van der Waals surface area contributed by atoms with E-state index in [4.69, 9.17) is 0 Å². The predicted molar refractivity (Wildman–Crippen MR) is 98.2 cm³/mol. The number of fused-ring (bicyclic) bond motifs is 2. The zero-order valence-corrected chi connectivity index (χ0v) is 15.7. The van der Waals surface area contributed by atoms with Crippen molar-refractivity contribution in [1.82, 2.24) is 14.7 Å². The van der Waals surface area contributed by atoms with Crippen molar-refractivity contribution < 1.29 is 4.79 Å². The molecule has 3 unspecified atom stereocenters. The summed E-state index contributed by atoms with van der Waals surface area (Å²) < 4.78 is 0. The Kier molecular flexibility index (Phi) is 4.97. The molecule has 132 valence electrons. The highest BCUT2D eigenvalue weighted by Gasteiger charge is 2.49. The monoisotopic (exact) mass is 329 g/mol. The summed E-state index contributed by atoms with van der Waals surface area (Å²) in [5.74, 6) is 0.258. The summed E-state index contributed by atoms with van der Waals surface area (Å²) in [6.45, 7) is 9.42. The number of aryl methyl sites for hydroxylation is 1. The Hall–Kier alpha value is -1.39. The molecule has 2 saturated heterocycles. The summed E-state index contributed by atoms with van der Waals surface area (Å²) in [5.41, 5.74) is 2.38. The van der Waals surface area contributed by atoms with Gasteiger partial charge in [-0.1, -0.05) is 29.8 Å². The van der Waals surface area contributed by atoms with Gasteiger partial charge in [-0.05, 0) is 46.9 Å². The van der Waals surface area contributed by atoms with Crippen molar-refractivity contribution in [2.24, 2.45) is 0 Å². The van der Waals surface area contributed by atoms with Crippen molar-refractivity contribution in [3.63, 3.8) is 0 Å². The topological polar surface area (TPSA) is 26.8 Å². The number of likely N-dealkylation sites (tertiary alicyclic amines) is 2. The van der Waals surface area contributed by atoms with E-state index in [-0.39, 0.29) is 5.92 Å². The Balaban J connectivity index is 1.77. The molecule has 2 aliphatic heterocycles. The van der Waals surface area contributed by atoms with Crippen molar-refractivity contribution in [3.8, 4) is 0 Å². The molecule has 2 heterocycles. The van der Waals surface area contributed by atoms with Crippen LogP contribution in [0, 0.1) is 6.92 Å². The van der Waals surface area contributed by atoms with Crippen LogP contribution in [0.5, 0.6) is 0 Å². The van der Waals surface area contributed by atoms with Crippen LogP contribution in [0.2, 0.25) is 0 Å². The fourth-order valence-corrected chi connectivity index (χ4v) is 4.09. The molecule has 0 radical (unpaired) electrons. The standard InChI is InChI=1S/C20H31N3O/c1-14(2)22-11-17-10-18(12-22)23(17)20(24)19(13-21(4)5)16-8-6-15(3)7-9-16/h6-9,14,17-19H,10-13H2,1-5H3. The number of amides is 1. The van der Waals surface area contributed by atoms with Crippen LogP contribution < -0.4 is 0 Å². The maximum absolute atomic E-state index is 13.3. The lowest BCUT2D eigenvalue weighted by atomic mass is 9.84. The molecule has 24 heavy (non-hydrogen) atoms. The van der Waals surface area contributed by atoms with E-state index in [0.29, 0.717) is 24.0 Å². The molecule has 3 rings (SSSR count). The Morgan fingerprint density at radius 3 is 2.25 bits per heavy atom. The highest BCUT2D eigenvalue weighted by molar-refractivity contribution is 5.85. The Morgan fingerprint density at radius 1 is 1.17 bits per heavy atom. The molecule has 0 N–H and O–H groups in total. The van der Waals surface area contributed by atoms with E-state index in [1.165, 1.54) is 12.0 Å². The molecule has 1 aromatic carbocycles. The first-order valence-electron chi connectivity index (χ1n) is 9.14. The van der Waals surface area contributed by atoms with Crippen molar-refractivity contribution in [1.29, 1.82) is 0 Å². The van der Waals surface area contributed by atoms with Gasteiger partial charge in [-0.3, -0.25) is 9.69 Å². The molecule has 0 saturated carbocycles. The van der Waals surface area contributed by atoms with Gasteiger partial charge in [-0.25, -0.2) is 0 Å². The van der Waals surface area contributed by atoms with Gasteiger partial charge in [0.1, 0.15) is 0 Å². The van der Waals surface area contributed by atoms with Crippen LogP contribution in [0.4, 0.5) is 0 Å². The lowest BCUT2D eigenvalue weighted by Crippen LogP contribution is -2.71. The second-order valence-corrected chi connectivity index (χ2v) is 8.06. The fraction of sp³-hybridized carbons (Fsp3) is 0.650. The average molecular weight is 329 g/mol. The number of rotatable bonds is 5. The van der Waals surface area contributed by atoms with Gasteiger partial charge in [0.05, 0.1) is 5.92 Å². The van der Waals surface area contributed by atoms with Gasteiger partial charge in [-0.15, -0.1) is 0 Å². The van der Waals surface area contributed by atoms with Gasteiger partial charge in [0.25, 0.3) is 0 Å². The lowest BCUT2D eigenvalue weighted by molar-refractivity contribution is -0.157. The first kappa shape index (κ1) is 17.4. The number of carbonyl (C=O) groups is 1. The summed E-state index contributed by atoms with van der Waals surface area (Å²) in [6.07, 6.45) is 1.18. The Morgan fingerprint density at radius 2 is 1.75 bits per heavy atom. The van der Waals surface area contributed by atoms with Crippen LogP contribution in [0.3, 0.4) is 0 Å². The quantitative estimate of drug-likeness (QED) is 0.829. The molecule has 0 spiro atoms. The molecule has 0 aromatic heterocycles. The molecule has 1 amide bonds. The second-order valence-electron chi connectivity index (χ2n) is 8.06. The molecule has 2 fully saturated rings. The summed E-state index contributed by atoms with van der Waals surface area (Å²) in [4.78, 5) is 20.1. The highest BCUT2D eigenvalue weighted by Crippen LogP contribution is 2.36. The first-order valence-corrected chi connectivity index (χ1v) is 9.14. The van der Waals surface area contributed by atoms with Crippen LogP contribution >= 0.6 is 0 Å². The van der Waals surface area contributed by atoms with Crippen LogP contribution in [0.1, 0.15) is 37.3 Å². The second kappa shape index (κ2) is 6.85. The van der Waals surface area contributed by atoms with Gasteiger partial charge >= 0.3 is 0 Å². The number of benzene rings is 1. The molecule has 0 aliphatic carbocycles. The molecular weight excluding hydrogens is 298 g/mol. The van der Waals surface area contributed by atoms with E-state index >= 15 is 0 Å². The van der Waals surface area contributed by atoms with E-state index in [0.717, 1.165) is 25.2 Å². The SMILES string of the molecule is Cc1ccc(C(CN(C)C)C(=O)N2C3CC2CN(C(C)C)C3)cc1. The first-order chi connectivity index (χ1) is 11.4. The molecule has 3 atom stereocenters. The van der Waals surface area contributed by atoms with Gasteiger partial charge < -0.3 is 9.80 Å². The van der Waals surface area contributed by atoms with Gasteiger partial charge in [-0.2, -0.15) is 0 Å². The average Bonchev–Trinajstić information content (AvgIpc) is 2.53. The minimum atomic E-state index is -0.0588. The van der Waals surface area contributed by atoms with E-state index in [9.17, 15) is 4.79 Å². The highest BCUT2D eigenvalue weighted by atomic mass is 16.2. The van der Waals surface area contributed by atoms with Gasteiger partial charge in [0.2, 0.25) is 5.91 Å². The molecule has 1 aromatic rings. The maximum atomic E-state index is 13.3. The van der Waals surface area contributed by atoms with Crippen LogP contribution in [-0.4, -0.2) is 72.5 Å². The van der Waals surface area contributed by atoms with Crippen LogP contribution in [0.15, 0.2) is 24.3 Å². The summed E-state index contributed by atoms with van der Waals surface area (Å²) in [7, 11) is 4.10. The predicted octanol–water partition coefficient (Wildman–Crippen LogP) is 2.33. The number of hydrogen-bond acceptors (Lipinski definition) is 3. The van der Waals surface area contributed by atoms with Gasteiger partial charge in [0.15, 0.2) is 0 Å². The minimum Gasteiger partial charge on any atom is -0.333 e. The van der Waals surface area contributed by atoms with Crippen LogP contribution in [0.25, 0.3) is 0 Å². The summed E-state index contributed by atoms with van der Waals surface area (Å²) in [6, 6.07) is 9.87. The maximum Gasteiger partial charge on any atom is 0.232 e. The molecule has 2 bridgehead atoms. The lowest BCUT2D eigenvalue weighted by Gasteiger charge is -2.58. The number of likely N-dealkylation sites (N-methyl/N-ethyl adjacent to an activating group) is 1. The van der Waals surface area contributed by atoms with Crippen molar-refractivity contribution >= 4 is 5.91 Å². The van der Waals surface area contributed by atoms with E-state index < -0.39 is 0 Å². The smallest absolute Gasteiger partial charge is 0.232 e. The third-order valence-corrected chi connectivity index (χ3v) is 5.53. The summed E-state index contributed by atoms with van der Waals surface area (Å²) >= 11 is 0. The third-order valence-electron chi connectivity index (χ3n) is 5.53. The van der Waals surface area contributed by atoms with Crippen molar-refractivity contribution in [2.75, 3.05) is 33.7 Å². The van der Waals surface area contributed by atoms with Gasteiger partial charge in [0, 0.05) is 37.8 Å². The normalized spacial score (nSPS) is 25.0. The van der Waals surface area contributed by atoms with E-state index in [2.05, 4.69) is 59.7 Å². The third kappa shape index (κ3) is 3.35. The van der Waals surface area contributed by atoms with Crippen molar-refractivity contribution in [2.45, 2.75) is 51.2 Å². The Bertz CT molecular complexity index is 569. The Labute approximate surface area is 146 Å². The van der Waals surface area contributed by atoms with Crippen LogP contribution in [-0.2, 0) is 4.79 Å². The molecule has 2 aliphatic rings. The molecular formula is C20H31N3O. The molecule has 4 nitrogen and oxygen atoms in total. The number of nitrogens with zero attached hydrogens (tertiary/aromatic N) is 3. The fourth-order valence-electron chi connectivity index (χ4n) is 4.09. The summed E-state index contributed by atoms with van der Waals surface area (Å²) in [5, 5.41) is 0. The van der Waals surface area contributed by atoms with E-state index in [1.54, 1.807) is 0 Å². The largest absolute Gasteiger partial charge is 0.333 e. The number of hydrogen-bond donors (Lipinski definition) is 0. The number of piperazine rings is 1. The molecule has 4 heteroatoms. The minimum absolute atomic E-state index is 0.0588. The van der Waals surface area contributed by atoms with Crippen molar-refractivity contribution in [3.05, 3.63) is 35.4 Å².